The topological polar surface area (TPSA) is 86.7 Å². The number of rotatable bonds is 5. The maximum atomic E-state index is 11.4. The average Bonchev–Trinajstić information content (AvgIpc) is 2.12. The molecule has 1 unspecified atom stereocenters. The van der Waals surface area contributed by atoms with Gasteiger partial charge in [-0.05, 0) is 5.92 Å². The zero-order valence-electron chi connectivity index (χ0n) is 9.98. The number of hydrogen-bond donors (Lipinski definition) is 2. The number of hydrogen-bond acceptors (Lipinski definition) is 3. The highest BCUT2D eigenvalue weighted by atomic mass is 16.4. The summed E-state index contributed by atoms with van der Waals surface area (Å²) in [5.74, 6) is -2.00. The molecule has 0 rings (SSSR count). The first-order valence-electron chi connectivity index (χ1n) is 4.99. The maximum absolute atomic E-state index is 11.4. The van der Waals surface area contributed by atoms with E-state index in [1.807, 2.05) is 0 Å². The van der Waals surface area contributed by atoms with Crippen molar-refractivity contribution in [2.24, 2.45) is 5.92 Å². The lowest BCUT2D eigenvalue weighted by Gasteiger charge is -2.20. The molecule has 6 heteroatoms. The Bertz CT molecular complexity index is 289. The minimum atomic E-state index is -1.08. The summed E-state index contributed by atoms with van der Waals surface area (Å²) in [6.45, 7) is 4.61. The molecule has 0 heterocycles. The number of carbonyl (C=O) groups is 3. The predicted molar refractivity (Wildman–Crippen MR) is 57.7 cm³/mol. The minimum Gasteiger partial charge on any atom is -0.480 e. The van der Waals surface area contributed by atoms with Crippen molar-refractivity contribution in [1.29, 1.82) is 0 Å². The van der Waals surface area contributed by atoms with Gasteiger partial charge >= 0.3 is 5.97 Å². The summed E-state index contributed by atoms with van der Waals surface area (Å²) in [5, 5.41) is 11.2. The van der Waals surface area contributed by atoms with Gasteiger partial charge < -0.3 is 15.3 Å². The number of aliphatic carboxylic acids is 1. The first-order chi connectivity index (χ1) is 7.25. The molecule has 16 heavy (non-hydrogen) atoms. The number of carboxylic acids is 1. The summed E-state index contributed by atoms with van der Waals surface area (Å²) < 4.78 is 0. The third-order valence-corrected chi connectivity index (χ3v) is 2.17. The van der Waals surface area contributed by atoms with E-state index >= 15 is 0 Å². The van der Waals surface area contributed by atoms with Gasteiger partial charge in [0.15, 0.2) is 0 Å². The number of nitrogens with zero attached hydrogens (tertiary/aromatic N) is 1. The average molecular weight is 230 g/mol. The molecule has 1 atom stereocenters. The Balaban J connectivity index is 4.31. The van der Waals surface area contributed by atoms with Gasteiger partial charge in [-0.25, -0.2) is 4.79 Å². The molecule has 0 aromatic carbocycles. The molecule has 0 saturated carbocycles. The van der Waals surface area contributed by atoms with E-state index in [1.165, 1.54) is 18.9 Å². The van der Waals surface area contributed by atoms with Crippen molar-refractivity contribution in [2.45, 2.75) is 26.8 Å². The van der Waals surface area contributed by atoms with Gasteiger partial charge in [0.1, 0.15) is 6.04 Å². The van der Waals surface area contributed by atoms with Crippen LogP contribution in [0, 0.1) is 5.92 Å². The Labute approximate surface area is 94.6 Å². The normalized spacial score (nSPS) is 12.1. The van der Waals surface area contributed by atoms with E-state index in [1.54, 1.807) is 13.8 Å². The zero-order valence-corrected chi connectivity index (χ0v) is 9.98. The molecule has 0 aromatic rings. The molecule has 0 aliphatic rings. The highest BCUT2D eigenvalue weighted by Gasteiger charge is 2.23. The summed E-state index contributed by atoms with van der Waals surface area (Å²) in [4.78, 5) is 34.3. The van der Waals surface area contributed by atoms with Crippen LogP contribution in [0.1, 0.15) is 20.8 Å². The molecular formula is C10H18N2O4. The highest BCUT2D eigenvalue weighted by Crippen LogP contribution is 2.01. The third kappa shape index (κ3) is 4.77. The molecule has 0 saturated heterocycles. The second-order valence-corrected chi connectivity index (χ2v) is 4.00. The molecule has 6 nitrogen and oxygen atoms in total. The number of amides is 2. The minimum absolute atomic E-state index is 0.133. The molecule has 0 fully saturated rings. The first kappa shape index (κ1) is 14.4. The van der Waals surface area contributed by atoms with Gasteiger partial charge in [0.05, 0.1) is 6.54 Å². The van der Waals surface area contributed by atoms with Crippen molar-refractivity contribution in [3.63, 3.8) is 0 Å². The van der Waals surface area contributed by atoms with Crippen LogP contribution < -0.4 is 5.32 Å². The molecule has 0 radical (unpaired) electrons. The third-order valence-electron chi connectivity index (χ3n) is 2.17. The Morgan fingerprint density at radius 2 is 1.81 bits per heavy atom. The summed E-state index contributed by atoms with van der Waals surface area (Å²) in [6.07, 6.45) is 0. The lowest BCUT2D eigenvalue weighted by atomic mass is 10.0. The van der Waals surface area contributed by atoms with Crippen LogP contribution in [0.4, 0.5) is 0 Å². The van der Waals surface area contributed by atoms with Crippen molar-refractivity contribution in [2.75, 3.05) is 13.6 Å². The van der Waals surface area contributed by atoms with Gasteiger partial charge in [0.25, 0.3) is 0 Å². The number of carbonyl (C=O) groups excluding carboxylic acids is 2. The van der Waals surface area contributed by atoms with Gasteiger partial charge in [-0.2, -0.15) is 0 Å². The molecular weight excluding hydrogens is 212 g/mol. The van der Waals surface area contributed by atoms with Gasteiger partial charge in [-0.15, -0.1) is 0 Å². The summed E-state index contributed by atoms with van der Waals surface area (Å²) >= 11 is 0. The molecule has 0 aliphatic carbocycles. The van der Waals surface area contributed by atoms with Gasteiger partial charge in [0, 0.05) is 14.0 Å². The molecule has 0 spiro atoms. The number of carboxylic acid groups (broad SMARTS) is 1. The summed E-state index contributed by atoms with van der Waals surface area (Å²) in [7, 11) is 1.48. The molecule has 0 bridgehead atoms. The van der Waals surface area contributed by atoms with Crippen LogP contribution in [0.15, 0.2) is 0 Å². The molecule has 2 N–H and O–H groups in total. The SMILES string of the molecule is CC(=O)N(C)CC(=O)NC(C(=O)O)C(C)C. The van der Waals surface area contributed by atoms with Gasteiger partial charge in [0.2, 0.25) is 11.8 Å². The summed E-state index contributed by atoms with van der Waals surface area (Å²) in [6, 6.07) is -0.923. The smallest absolute Gasteiger partial charge is 0.326 e. The summed E-state index contributed by atoms with van der Waals surface area (Å²) in [5.41, 5.74) is 0. The van der Waals surface area contributed by atoms with Crippen molar-refractivity contribution < 1.29 is 19.5 Å². The van der Waals surface area contributed by atoms with Crippen LogP contribution in [0.5, 0.6) is 0 Å². The van der Waals surface area contributed by atoms with E-state index in [4.69, 9.17) is 5.11 Å². The standard InChI is InChI=1S/C10H18N2O4/c1-6(2)9(10(15)16)11-8(14)5-12(4)7(3)13/h6,9H,5H2,1-4H3,(H,11,14)(H,15,16). The van der Waals surface area contributed by atoms with Crippen molar-refractivity contribution in [1.82, 2.24) is 10.2 Å². The van der Waals surface area contributed by atoms with Crippen LogP contribution in [-0.2, 0) is 14.4 Å². The molecule has 0 aromatic heterocycles. The van der Waals surface area contributed by atoms with Crippen LogP contribution in [0.25, 0.3) is 0 Å². The zero-order chi connectivity index (χ0) is 12.9. The van der Waals surface area contributed by atoms with Crippen LogP contribution in [0.3, 0.4) is 0 Å². The van der Waals surface area contributed by atoms with Gasteiger partial charge in [-0.3, -0.25) is 9.59 Å². The molecule has 0 aliphatic heterocycles. The van der Waals surface area contributed by atoms with E-state index in [2.05, 4.69) is 5.32 Å². The van der Waals surface area contributed by atoms with Gasteiger partial charge in [-0.1, -0.05) is 13.8 Å². The monoisotopic (exact) mass is 230 g/mol. The maximum Gasteiger partial charge on any atom is 0.326 e. The Hall–Kier alpha value is -1.59. The lowest BCUT2D eigenvalue weighted by molar-refractivity contribution is -0.143. The van der Waals surface area contributed by atoms with E-state index in [9.17, 15) is 14.4 Å². The quantitative estimate of drug-likeness (QED) is 0.678. The number of nitrogens with one attached hydrogen (secondary N) is 1. The second kappa shape index (κ2) is 6.09. The largest absolute Gasteiger partial charge is 0.480 e. The van der Waals surface area contributed by atoms with Crippen molar-refractivity contribution in [3.05, 3.63) is 0 Å². The van der Waals surface area contributed by atoms with Crippen LogP contribution in [0.2, 0.25) is 0 Å². The fraction of sp³-hybridized carbons (Fsp3) is 0.700. The van der Waals surface area contributed by atoms with Crippen molar-refractivity contribution in [3.8, 4) is 0 Å². The highest BCUT2D eigenvalue weighted by molar-refractivity contribution is 5.87. The Morgan fingerprint density at radius 1 is 1.31 bits per heavy atom. The van der Waals surface area contributed by atoms with E-state index in [0.29, 0.717) is 0 Å². The van der Waals surface area contributed by atoms with E-state index in [-0.39, 0.29) is 18.4 Å². The van der Waals surface area contributed by atoms with E-state index < -0.39 is 17.9 Å². The van der Waals surface area contributed by atoms with E-state index in [0.717, 1.165) is 0 Å². The van der Waals surface area contributed by atoms with Crippen LogP contribution >= 0.6 is 0 Å². The second-order valence-electron chi connectivity index (χ2n) is 4.00. The fourth-order valence-electron chi connectivity index (χ4n) is 1.06. The fourth-order valence-corrected chi connectivity index (χ4v) is 1.06. The Kier molecular flexibility index (Phi) is 5.49. The Morgan fingerprint density at radius 3 is 2.12 bits per heavy atom. The van der Waals surface area contributed by atoms with Crippen LogP contribution in [-0.4, -0.2) is 47.4 Å². The predicted octanol–water partition coefficient (Wildman–Crippen LogP) is -0.310. The molecule has 2 amide bonds. The van der Waals surface area contributed by atoms with Crippen molar-refractivity contribution >= 4 is 17.8 Å². The molecule has 92 valence electrons. The lowest BCUT2D eigenvalue weighted by Crippen LogP contribution is -2.48. The first-order valence-corrected chi connectivity index (χ1v) is 4.99. The number of likely N-dealkylation sites (N-methyl/N-ethyl adjacent to an activating group) is 1.